The van der Waals surface area contributed by atoms with E-state index in [0.717, 1.165) is 73.9 Å². The number of H-pyrrole nitrogens is 1. The fourth-order valence-electron chi connectivity index (χ4n) is 5.71. The Balaban J connectivity index is 1.07. The van der Waals surface area contributed by atoms with Crippen molar-refractivity contribution in [3.63, 3.8) is 0 Å². The van der Waals surface area contributed by atoms with E-state index in [1.807, 2.05) is 0 Å². The molecule has 6 rings (SSSR count). The molecule has 3 heterocycles. The second-order valence-corrected chi connectivity index (χ2v) is 11.1. The monoisotopic (exact) mass is 570 g/mol. The van der Waals surface area contributed by atoms with Crippen molar-refractivity contribution in [3.8, 4) is 17.1 Å². The highest BCUT2D eigenvalue weighted by Gasteiger charge is 2.19. The lowest BCUT2D eigenvalue weighted by molar-refractivity contribution is 0.0388. The zero-order chi connectivity index (χ0) is 28.7. The SMILES string of the molecule is CN1CCN(c2ccc3nc(-c4cccc(N5CCc6cc(OCCOCCOCCN)ccc6C5)c4)[nH]c3c2)CC1. The predicted molar refractivity (Wildman–Crippen MR) is 169 cm³/mol. The van der Waals surface area contributed by atoms with Gasteiger partial charge in [-0.2, -0.15) is 0 Å². The van der Waals surface area contributed by atoms with E-state index in [0.29, 0.717) is 39.6 Å². The second kappa shape index (κ2) is 13.6. The minimum Gasteiger partial charge on any atom is -0.491 e. The highest BCUT2D eigenvalue weighted by atomic mass is 16.5. The fourth-order valence-corrected chi connectivity index (χ4v) is 5.71. The minimum atomic E-state index is 0.521. The molecule has 0 aliphatic carbocycles. The maximum absolute atomic E-state index is 5.93. The van der Waals surface area contributed by atoms with Crippen LogP contribution in [0, 0.1) is 0 Å². The van der Waals surface area contributed by atoms with E-state index >= 15 is 0 Å². The fraction of sp³-hybridized carbons (Fsp3) is 0.424. The highest BCUT2D eigenvalue weighted by molar-refractivity contribution is 5.83. The quantitative estimate of drug-likeness (QED) is 0.248. The van der Waals surface area contributed by atoms with Gasteiger partial charge in [0.25, 0.3) is 0 Å². The van der Waals surface area contributed by atoms with Gasteiger partial charge in [-0.25, -0.2) is 4.98 Å². The van der Waals surface area contributed by atoms with Crippen LogP contribution < -0.4 is 20.3 Å². The normalized spacial score (nSPS) is 15.8. The number of nitrogens with one attached hydrogen (secondary N) is 1. The van der Waals surface area contributed by atoms with Gasteiger partial charge in [-0.05, 0) is 67.1 Å². The first-order valence-corrected chi connectivity index (χ1v) is 15.0. The van der Waals surface area contributed by atoms with E-state index in [-0.39, 0.29) is 0 Å². The molecule has 222 valence electrons. The summed E-state index contributed by atoms with van der Waals surface area (Å²) in [5.74, 6) is 1.81. The summed E-state index contributed by atoms with van der Waals surface area (Å²) in [5, 5.41) is 0. The Morgan fingerprint density at radius 3 is 2.45 bits per heavy atom. The first kappa shape index (κ1) is 28.5. The number of ether oxygens (including phenoxy) is 3. The summed E-state index contributed by atoms with van der Waals surface area (Å²) in [6, 6.07) is 21.7. The van der Waals surface area contributed by atoms with Crippen molar-refractivity contribution < 1.29 is 14.2 Å². The summed E-state index contributed by atoms with van der Waals surface area (Å²) >= 11 is 0. The molecule has 0 atom stereocenters. The van der Waals surface area contributed by atoms with Gasteiger partial charge < -0.3 is 39.6 Å². The van der Waals surface area contributed by atoms with Gasteiger partial charge in [-0.1, -0.05) is 18.2 Å². The molecule has 4 aromatic rings. The molecule has 42 heavy (non-hydrogen) atoms. The van der Waals surface area contributed by atoms with Crippen molar-refractivity contribution in [1.29, 1.82) is 0 Å². The van der Waals surface area contributed by atoms with Crippen molar-refractivity contribution in [2.24, 2.45) is 5.73 Å². The number of piperazine rings is 1. The van der Waals surface area contributed by atoms with Crippen LogP contribution in [0.3, 0.4) is 0 Å². The second-order valence-electron chi connectivity index (χ2n) is 11.1. The predicted octanol–water partition coefficient (Wildman–Crippen LogP) is 3.92. The summed E-state index contributed by atoms with van der Waals surface area (Å²) in [5.41, 5.74) is 13.8. The molecule has 0 amide bonds. The number of imidazole rings is 1. The van der Waals surface area contributed by atoms with Crippen LogP contribution in [-0.2, 0) is 22.4 Å². The van der Waals surface area contributed by atoms with Crippen LogP contribution >= 0.6 is 0 Å². The number of nitrogens with two attached hydrogens (primary N) is 1. The molecule has 1 fully saturated rings. The van der Waals surface area contributed by atoms with E-state index in [4.69, 9.17) is 24.9 Å². The van der Waals surface area contributed by atoms with Crippen LogP contribution in [0.2, 0.25) is 0 Å². The van der Waals surface area contributed by atoms with Gasteiger partial charge in [0.2, 0.25) is 0 Å². The number of benzene rings is 3. The van der Waals surface area contributed by atoms with Crippen LogP contribution in [-0.4, -0.2) is 94.2 Å². The van der Waals surface area contributed by atoms with Gasteiger partial charge >= 0.3 is 0 Å². The molecule has 1 aromatic heterocycles. The largest absolute Gasteiger partial charge is 0.491 e. The summed E-state index contributed by atoms with van der Waals surface area (Å²) in [6.07, 6.45) is 0.978. The van der Waals surface area contributed by atoms with Crippen LogP contribution in [0.5, 0.6) is 5.75 Å². The van der Waals surface area contributed by atoms with Gasteiger partial charge in [0.1, 0.15) is 18.2 Å². The maximum atomic E-state index is 5.93. The van der Waals surface area contributed by atoms with E-state index in [1.165, 1.54) is 22.5 Å². The average molecular weight is 571 g/mol. The topological polar surface area (TPSA) is 92.1 Å². The van der Waals surface area contributed by atoms with Crippen molar-refractivity contribution in [2.75, 3.05) is 89.2 Å². The molecule has 0 spiro atoms. The zero-order valence-electron chi connectivity index (χ0n) is 24.6. The third kappa shape index (κ3) is 6.87. The van der Waals surface area contributed by atoms with Gasteiger partial charge in [0.05, 0.1) is 37.5 Å². The zero-order valence-corrected chi connectivity index (χ0v) is 24.6. The highest BCUT2D eigenvalue weighted by Crippen LogP contribution is 2.31. The maximum Gasteiger partial charge on any atom is 0.138 e. The molecule has 3 N–H and O–H groups in total. The van der Waals surface area contributed by atoms with Crippen molar-refractivity contribution in [3.05, 3.63) is 71.8 Å². The van der Waals surface area contributed by atoms with Crippen molar-refractivity contribution >= 4 is 22.4 Å². The number of aromatic amines is 1. The van der Waals surface area contributed by atoms with E-state index in [1.54, 1.807) is 0 Å². The van der Waals surface area contributed by atoms with Gasteiger partial charge in [-0.3, -0.25) is 0 Å². The standard InChI is InChI=1S/C33H42N6O3/c1-37-12-14-38(15-13-37)29-6-8-31-32(23-29)36-33(35-31)26-3-2-4-28(21-26)39-11-9-25-22-30(7-5-27(25)24-39)42-20-19-41-18-17-40-16-10-34/h2-8,21-23H,9-20,24,34H2,1H3,(H,35,36). The summed E-state index contributed by atoms with van der Waals surface area (Å²) < 4.78 is 16.8. The molecule has 0 bridgehead atoms. The van der Waals surface area contributed by atoms with Gasteiger partial charge in [-0.15, -0.1) is 0 Å². The van der Waals surface area contributed by atoms with Gasteiger partial charge in [0.15, 0.2) is 0 Å². The first-order chi connectivity index (χ1) is 20.7. The third-order valence-corrected chi connectivity index (χ3v) is 8.14. The number of hydrogen-bond donors (Lipinski definition) is 2. The molecule has 0 unspecified atom stereocenters. The molecular weight excluding hydrogens is 528 g/mol. The average Bonchev–Trinajstić information content (AvgIpc) is 3.46. The Bertz CT molecular complexity index is 1470. The smallest absolute Gasteiger partial charge is 0.138 e. The Kier molecular flexibility index (Phi) is 9.20. The molecule has 2 aliphatic heterocycles. The summed E-state index contributed by atoms with van der Waals surface area (Å²) in [6.45, 7) is 9.41. The molecule has 9 heteroatoms. The lowest BCUT2D eigenvalue weighted by Gasteiger charge is -2.34. The number of fused-ring (bicyclic) bond motifs is 2. The number of anilines is 2. The van der Waals surface area contributed by atoms with E-state index in [2.05, 4.69) is 87.4 Å². The molecule has 1 saturated heterocycles. The van der Waals surface area contributed by atoms with Crippen LogP contribution in [0.4, 0.5) is 11.4 Å². The molecule has 9 nitrogen and oxygen atoms in total. The number of aromatic nitrogens is 2. The Morgan fingerprint density at radius 2 is 1.60 bits per heavy atom. The Morgan fingerprint density at radius 1 is 0.786 bits per heavy atom. The third-order valence-electron chi connectivity index (χ3n) is 8.14. The molecule has 0 saturated carbocycles. The summed E-state index contributed by atoms with van der Waals surface area (Å²) in [7, 11) is 2.19. The number of nitrogens with zero attached hydrogens (tertiary/aromatic N) is 4. The van der Waals surface area contributed by atoms with Crippen molar-refractivity contribution in [1.82, 2.24) is 14.9 Å². The Labute approximate surface area is 248 Å². The molecule has 2 aliphatic rings. The van der Waals surface area contributed by atoms with Gasteiger partial charge in [0, 0.05) is 62.8 Å². The lowest BCUT2D eigenvalue weighted by atomic mass is 9.98. The molecule has 0 radical (unpaired) electrons. The molecular formula is C33H42N6O3. The minimum absolute atomic E-state index is 0.521. The number of likely N-dealkylation sites (N-methyl/N-ethyl adjacent to an activating group) is 1. The Hall–Kier alpha value is -3.63. The van der Waals surface area contributed by atoms with Crippen molar-refractivity contribution in [2.45, 2.75) is 13.0 Å². The van der Waals surface area contributed by atoms with Crippen LogP contribution in [0.1, 0.15) is 11.1 Å². The summed E-state index contributed by atoms with van der Waals surface area (Å²) in [4.78, 5) is 15.8. The number of rotatable bonds is 12. The molecule has 3 aromatic carbocycles. The van der Waals surface area contributed by atoms with E-state index < -0.39 is 0 Å². The van der Waals surface area contributed by atoms with E-state index in [9.17, 15) is 0 Å². The van der Waals surface area contributed by atoms with Crippen LogP contribution in [0.25, 0.3) is 22.4 Å². The first-order valence-electron chi connectivity index (χ1n) is 15.0. The lowest BCUT2D eigenvalue weighted by Crippen LogP contribution is -2.44. The van der Waals surface area contributed by atoms with Crippen LogP contribution in [0.15, 0.2) is 60.7 Å². The number of hydrogen-bond acceptors (Lipinski definition) is 8.